The molecule has 0 saturated heterocycles. The van der Waals surface area contributed by atoms with Crippen molar-refractivity contribution in [2.24, 2.45) is 7.05 Å². The summed E-state index contributed by atoms with van der Waals surface area (Å²) in [6.45, 7) is 4.17. The first-order valence-corrected chi connectivity index (χ1v) is 7.76. The number of hydrogen-bond donors (Lipinski definition) is 0. The van der Waals surface area contributed by atoms with Gasteiger partial charge in [-0.25, -0.2) is 9.67 Å². The Hall–Kier alpha value is -1.81. The van der Waals surface area contributed by atoms with Crippen molar-refractivity contribution in [3.05, 3.63) is 41.3 Å². The zero-order valence-electron chi connectivity index (χ0n) is 12.6. The maximum atomic E-state index is 5.97. The van der Waals surface area contributed by atoms with Gasteiger partial charge in [-0.1, -0.05) is 25.1 Å². The Morgan fingerprint density at radius 3 is 2.71 bits per heavy atom. The van der Waals surface area contributed by atoms with Crippen LogP contribution in [0.2, 0.25) is 0 Å². The molecule has 0 fully saturated rings. The quantitative estimate of drug-likeness (QED) is 0.692. The minimum absolute atomic E-state index is 0.560. The van der Waals surface area contributed by atoms with Crippen LogP contribution in [-0.2, 0) is 19.9 Å². The summed E-state index contributed by atoms with van der Waals surface area (Å²) < 4.78 is 4.11. The molecule has 0 radical (unpaired) electrons. The van der Waals surface area contributed by atoms with Crippen molar-refractivity contribution in [3.63, 3.8) is 0 Å². The normalized spacial score (nSPS) is 11.4. The van der Waals surface area contributed by atoms with Crippen molar-refractivity contribution in [1.82, 2.24) is 19.3 Å². The first kappa shape index (κ1) is 14.1. The molecule has 5 heteroatoms. The van der Waals surface area contributed by atoms with Crippen LogP contribution in [0.3, 0.4) is 0 Å². The topological polar surface area (TPSA) is 35.6 Å². The van der Waals surface area contributed by atoms with Crippen molar-refractivity contribution < 1.29 is 0 Å². The summed E-state index contributed by atoms with van der Waals surface area (Å²) in [6, 6.07) is 8.44. The third kappa shape index (κ3) is 2.23. The maximum Gasteiger partial charge on any atom is 0.163 e. The highest BCUT2D eigenvalue weighted by atomic mass is 35.5. The highest BCUT2D eigenvalue weighted by Gasteiger charge is 2.19. The van der Waals surface area contributed by atoms with E-state index >= 15 is 0 Å². The van der Waals surface area contributed by atoms with Gasteiger partial charge in [-0.05, 0) is 25.0 Å². The number of alkyl halides is 1. The Kier molecular flexibility index (Phi) is 3.72. The first-order valence-electron chi connectivity index (χ1n) is 7.22. The molecule has 0 aliphatic heterocycles. The Bertz CT molecular complexity index is 785. The smallest absolute Gasteiger partial charge is 0.163 e. The molecule has 21 heavy (non-hydrogen) atoms. The molecule has 0 bridgehead atoms. The average Bonchev–Trinajstić information content (AvgIpc) is 2.98. The molecule has 0 unspecified atom stereocenters. The first-order chi connectivity index (χ1) is 10.2. The molecule has 0 amide bonds. The third-order valence-electron chi connectivity index (χ3n) is 3.80. The fraction of sp³-hybridized carbons (Fsp3) is 0.375. The van der Waals surface area contributed by atoms with E-state index in [2.05, 4.69) is 40.9 Å². The molecule has 0 spiro atoms. The molecule has 110 valence electrons. The van der Waals surface area contributed by atoms with Crippen LogP contribution in [0.1, 0.15) is 24.0 Å². The van der Waals surface area contributed by atoms with Crippen molar-refractivity contribution in [2.45, 2.75) is 26.7 Å². The van der Waals surface area contributed by atoms with E-state index < -0.39 is 0 Å². The molecule has 2 heterocycles. The van der Waals surface area contributed by atoms with Gasteiger partial charge in [0.2, 0.25) is 0 Å². The van der Waals surface area contributed by atoms with Crippen LogP contribution in [0.15, 0.2) is 24.3 Å². The van der Waals surface area contributed by atoms with E-state index in [0.717, 1.165) is 35.5 Å². The van der Waals surface area contributed by atoms with Crippen LogP contribution in [0, 0.1) is 6.92 Å². The van der Waals surface area contributed by atoms with E-state index in [0.29, 0.717) is 5.88 Å². The SMILES string of the molecule is CCc1ccccc1-n1c(CCCl)nc2c(C)nn(C)c21. The predicted octanol–water partition coefficient (Wildman–Crippen LogP) is 3.41. The Labute approximate surface area is 129 Å². The van der Waals surface area contributed by atoms with E-state index in [1.54, 1.807) is 0 Å². The van der Waals surface area contributed by atoms with Gasteiger partial charge in [-0.3, -0.25) is 4.57 Å². The van der Waals surface area contributed by atoms with Crippen molar-refractivity contribution in [2.75, 3.05) is 5.88 Å². The van der Waals surface area contributed by atoms with Crippen LogP contribution >= 0.6 is 11.6 Å². The van der Waals surface area contributed by atoms with E-state index in [9.17, 15) is 0 Å². The van der Waals surface area contributed by atoms with E-state index in [4.69, 9.17) is 16.6 Å². The second-order valence-corrected chi connectivity index (χ2v) is 5.54. The summed E-state index contributed by atoms with van der Waals surface area (Å²) in [5, 5.41) is 4.49. The second kappa shape index (κ2) is 5.53. The minimum Gasteiger partial charge on any atom is -0.281 e. The third-order valence-corrected chi connectivity index (χ3v) is 3.99. The molecule has 0 aliphatic rings. The fourth-order valence-corrected chi connectivity index (χ4v) is 3.02. The highest BCUT2D eigenvalue weighted by Crippen LogP contribution is 2.26. The number of aryl methyl sites for hydroxylation is 4. The summed E-state index contributed by atoms with van der Waals surface area (Å²) in [5.41, 5.74) is 5.42. The number of hydrogen-bond acceptors (Lipinski definition) is 2. The van der Waals surface area contributed by atoms with E-state index in [-0.39, 0.29) is 0 Å². The van der Waals surface area contributed by atoms with Crippen LogP contribution < -0.4 is 0 Å². The van der Waals surface area contributed by atoms with Gasteiger partial charge >= 0.3 is 0 Å². The number of rotatable bonds is 4. The molecule has 0 N–H and O–H groups in total. The number of imidazole rings is 1. The predicted molar refractivity (Wildman–Crippen MR) is 86.4 cm³/mol. The highest BCUT2D eigenvalue weighted by molar-refractivity contribution is 6.17. The van der Waals surface area contributed by atoms with Gasteiger partial charge in [0.05, 0.1) is 11.4 Å². The van der Waals surface area contributed by atoms with E-state index in [1.165, 1.54) is 11.3 Å². The van der Waals surface area contributed by atoms with Gasteiger partial charge in [0.25, 0.3) is 0 Å². The summed E-state index contributed by atoms with van der Waals surface area (Å²) in [7, 11) is 1.96. The Morgan fingerprint density at radius 1 is 1.24 bits per heavy atom. The van der Waals surface area contributed by atoms with Gasteiger partial charge in [-0.15, -0.1) is 11.6 Å². The molecule has 3 aromatic rings. The van der Waals surface area contributed by atoms with Crippen LogP contribution in [0.25, 0.3) is 16.9 Å². The lowest BCUT2D eigenvalue weighted by molar-refractivity contribution is 0.749. The Morgan fingerprint density at radius 2 is 2.00 bits per heavy atom. The molecule has 0 aliphatic carbocycles. The largest absolute Gasteiger partial charge is 0.281 e. The Balaban J connectivity index is 2.36. The summed E-state index contributed by atoms with van der Waals surface area (Å²) >= 11 is 5.97. The van der Waals surface area contributed by atoms with Crippen molar-refractivity contribution >= 4 is 22.8 Å². The zero-order valence-corrected chi connectivity index (χ0v) is 13.4. The zero-order chi connectivity index (χ0) is 15.0. The summed E-state index contributed by atoms with van der Waals surface area (Å²) in [6.07, 6.45) is 1.72. The second-order valence-electron chi connectivity index (χ2n) is 5.17. The van der Waals surface area contributed by atoms with E-state index in [1.807, 2.05) is 18.7 Å². The number of nitrogens with zero attached hydrogens (tertiary/aromatic N) is 4. The van der Waals surface area contributed by atoms with Gasteiger partial charge in [0.15, 0.2) is 5.65 Å². The number of para-hydroxylation sites is 1. The van der Waals surface area contributed by atoms with Crippen LogP contribution in [0.4, 0.5) is 0 Å². The standard InChI is InChI=1S/C16H19ClN4/c1-4-12-7-5-6-8-13(12)21-14(9-10-17)18-15-11(2)19-20(3)16(15)21/h5-8H,4,9-10H2,1-3H3. The van der Waals surface area contributed by atoms with Crippen molar-refractivity contribution in [3.8, 4) is 5.69 Å². The number of aromatic nitrogens is 4. The monoisotopic (exact) mass is 302 g/mol. The lowest BCUT2D eigenvalue weighted by Crippen LogP contribution is -2.08. The molecule has 3 rings (SSSR count). The number of fused-ring (bicyclic) bond motifs is 1. The average molecular weight is 303 g/mol. The van der Waals surface area contributed by atoms with Crippen LogP contribution in [0.5, 0.6) is 0 Å². The summed E-state index contributed by atoms with van der Waals surface area (Å²) in [5.74, 6) is 1.56. The molecule has 2 aromatic heterocycles. The minimum atomic E-state index is 0.560. The van der Waals surface area contributed by atoms with Crippen LogP contribution in [-0.4, -0.2) is 25.2 Å². The number of halogens is 1. The molecule has 1 aromatic carbocycles. The fourth-order valence-electron chi connectivity index (χ4n) is 2.85. The maximum absolute atomic E-state index is 5.97. The van der Waals surface area contributed by atoms with Crippen molar-refractivity contribution in [1.29, 1.82) is 0 Å². The van der Waals surface area contributed by atoms with Gasteiger partial charge in [-0.2, -0.15) is 5.10 Å². The lowest BCUT2D eigenvalue weighted by atomic mass is 10.1. The molecule has 0 saturated carbocycles. The molecule has 0 atom stereocenters. The lowest BCUT2D eigenvalue weighted by Gasteiger charge is -2.13. The van der Waals surface area contributed by atoms with Gasteiger partial charge in [0.1, 0.15) is 11.3 Å². The molecular weight excluding hydrogens is 284 g/mol. The number of benzene rings is 1. The molecular formula is C16H19ClN4. The van der Waals surface area contributed by atoms with Gasteiger partial charge < -0.3 is 0 Å². The summed E-state index contributed by atoms with van der Waals surface area (Å²) in [4.78, 5) is 4.77. The molecule has 4 nitrogen and oxygen atoms in total. The van der Waals surface area contributed by atoms with Gasteiger partial charge in [0, 0.05) is 19.3 Å².